The first kappa shape index (κ1) is 7.42. The molecule has 3 atom stereocenters. The van der Waals surface area contributed by atoms with E-state index in [0.29, 0.717) is 6.04 Å². The van der Waals surface area contributed by atoms with Crippen molar-refractivity contribution in [3.8, 4) is 0 Å². The van der Waals surface area contributed by atoms with E-state index in [4.69, 9.17) is 5.73 Å². The van der Waals surface area contributed by atoms with Crippen molar-refractivity contribution < 1.29 is 0 Å². The molecule has 2 N–H and O–H groups in total. The minimum Gasteiger partial charge on any atom is -0.384 e. The SMILES string of the molecule is Nc1ccnn1C1CCCC2CC21. The van der Waals surface area contributed by atoms with Crippen molar-refractivity contribution in [2.75, 3.05) is 5.73 Å². The molecule has 0 bridgehead atoms. The smallest absolute Gasteiger partial charge is 0.121 e. The van der Waals surface area contributed by atoms with Gasteiger partial charge in [0.25, 0.3) is 0 Å². The van der Waals surface area contributed by atoms with E-state index in [1.165, 1.54) is 25.7 Å². The zero-order valence-electron chi connectivity index (χ0n) is 7.69. The highest BCUT2D eigenvalue weighted by Crippen LogP contribution is 2.54. The van der Waals surface area contributed by atoms with E-state index >= 15 is 0 Å². The summed E-state index contributed by atoms with van der Waals surface area (Å²) in [5.41, 5.74) is 5.85. The number of aromatic nitrogens is 2. The summed E-state index contributed by atoms with van der Waals surface area (Å²) in [4.78, 5) is 0. The fourth-order valence-corrected chi connectivity index (χ4v) is 2.78. The number of fused-ring (bicyclic) bond motifs is 1. The van der Waals surface area contributed by atoms with Gasteiger partial charge in [0, 0.05) is 0 Å². The predicted molar refractivity (Wildman–Crippen MR) is 51.1 cm³/mol. The molecule has 3 rings (SSSR count). The van der Waals surface area contributed by atoms with Crippen molar-refractivity contribution >= 4 is 5.82 Å². The normalized spacial score (nSPS) is 37.1. The van der Waals surface area contributed by atoms with Crippen molar-refractivity contribution in [2.45, 2.75) is 31.7 Å². The lowest BCUT2D eigenvalue weighted by molar-refractivity contribution is 0.313. The lowest BCUT2D eigenvalue weighted by Gasteiger charge is -2.22. The first-order valence-corrected chi connectivity index (χ1v) is 5.15. The summed E-state index contributed by atoms with van der Waals surface area (Å²) in [5, 5.41) is 4.31. The number of hydrogen-bond donors (Lipinski definition) is 1. The Morgan fingerprint density at radius 3 is 3.15 bits per heavy atom. The van der Waals surface area contributed by atoms with Crippen LogP contribution in [0.2, 0.25) is 0 Å². The fourth-order valence-electron chi connectivity index (χ4n) is 2.78. The number of nitrogens with zero attached hydrogens (tertiary/aromatic N) is 2. The van der Waals surface area contributed by atoms with E-state index in [1.807, 2.05) is 10.7 Å². The molecular formula is C10H15N3. The maximum atomic E-state index is 5.85. The Morgan fingerprint density at radius 2 is 2.38 bits per heavy atom. The van der Waals surface area contributed by atoms with E-state index in [1.54, 1.807) is 6.20 Å². The van der Waals surface area contributed by atoms with Gasteiger partial charge in [0.1, 0.15) is 5.82 Å². The number of anilines is 1. The second kappa shape index (κ2) is 2.50. The van der Waals surface area contributed by atoms with Gasteiger partial charge in [-0.3, -0.25) is 0 Å². The Bertz CT molecular complexity index is 318. The van der Waals surface area contributed by atoms with Crippen LogP contribution in [0.15, 0.2) is 12.3 Å². The van der Waals surface area contributed by atoms with Gasteiger partial charge in [-0.15, -0.1) is 0 Å². The summed E-state index contributed by atoms with van der Waals surface area (Å²) in [6.07, 6.45) is 7.27. The van der Waals surface area contributed by atoms with Crippen LogP contribution in [-0.2, 0) is 0 Å². The van der Waals surface area contributed by atoms with Crippen molar-refractivity contribution in [1.29, 1.82) is 0 Å². The topological polar surface area (TPSA) is 43.8 Å². The molecule has 2 fully saturated rings. The zero-order chi connectivity index (χ0) is 8.84. The largest absolute Gasteiger partial charge is 0.384 e. The molecule has 1 aromatic heterocycles. The van der Waals surface area contributed by atoms with Crippen LogP contribution in [0.25, 0.3) is 0 Å². The minimum absolute atomic E-state index is 0.605. The molecule has 2 aliphatic rings. The quantitative estimate of drug-likeness (QED) is 0.711. The van der Waals surface area contributed by atoms with Crippen LogP contribution in [0.3, 0.4) is 0 Å². The minimum atomic E-state index is 0.605. The van der Waals surface area contributed by atoms with Gasteiger partial charge >= 0.3 is 0 Å². The fraction of sp³-hybridized carbons (Fsp3) is 0.700. The lowest BCUT2D eigenvalue weighted by atomic mass is 9.96. The van der Waals surface area contributed by atoms with E-state index in [2.05, 4.69) is 5.10 Å². The number of rotatable bonds is 1. The van der Waals surface area contributed by atoms with Gasteiger partial charge in [0.2, 0.25) is 0 Å². The number of nitrogens with two attached hydrogens (primary N) is 1. The van der Waals surface area contributed by atoms with E-state index in [-0.39, 0.29) is 0 Å². The lowest BCUT2D eigenvalue weighted by Crippen LogP contribution is -2.18. The van der Waals surface area contributed by atoms with Gasteiger partial charge in [-0.2, -0.15) is 5.10 Å². The summed E-state index contributed by atoms with van der Waals surface area (Å²) >= 11 is 0. The average molecular weight is 177 g/mol. The third-order valence-corrected chi connectivity index (χ3v) is 3.56. The molecule has 0 aliphatic heterocycles. The maximum Gasteiger partial charge on any atom is 0.121 e. The zero-order valence-corrected chi connectivity index (χ0v) is 7.69. The van der Waals surface area contributed by atoms with Crippen LogP contribution >= 0.6 is 0 Å². The summed E-state index contributed by atoms with van der Waals surface area (Å²) in [6.45, 7) is 0. The number of hydrogen-bond acceptors (Lipinski definition) is 2. The molecule has 1 aromatic rings. The van der Waals surface area contributed by atoms with E-state index in [9.17, 15) is 0 Å². The van der Waals surface area contributed by atoms with Crippen molar-refractivity contribution in [1.82, 2.24) is 9.78 Å². The van der Waals surface area contributed by atoms with Gasteiger partial charge in [0.05, 0.1) is 12.2 Å². The van der Waals surface area contributed by atoms with Crippen LogP contribution in [0.4, 0.5) is 5.82 Å². The average Bonchev–Trinajstić information content (AvgIpc) is 2.82. The van der Waals surface area contributed by atoms with Crippen LogP contribution in [0, 0.1) is 11.8 Å². The molecule has 2 saturated carbocycles. The third kappa shape index (κ3) is 1.06. The van der Waals surface area contributed by atoms with E-state index in [0.717, 1.165) is 17.7 Å². The van der Waals surface area contributed by atoms with Crippen LogP contribution in [-0.4, -0.2) is 9.78 Å². The molecule has 70 valence electrons. The second-order valence-corrected chi connectivity index (χ2v) is 4.36. The van der Waals surface area contributed by atoms with Crippen molar-refractivity contribution in [3.63, 3.8) is 0 Å². The van der Waals surface area contributed by atoms with Crippen molar-refractivity contribution in [2.24, 2.45) is 11.8 Å². The Kier molecular flexibility index (Phi) is 1.43. The predicted octanol–water partition coefficient (Wildman–Crippen LogP) is 1.83. The van der Waals surface area contributed by atoms with Gasteiger partial charge in [-0.1, -0.05) is 12.8 Å². The monoisotopic (exact) mass is 177 g/mol. The molecule has 3 unspecified atom stereocenters. The maximum absolute atomic E-state index is 5.85. The molecule has 2 aliphatic carbocycles. The Hall–Kier alpha value is -0.990. The standard InChI is InChI=1S/C10H15N3/c11-10-4-5-12-13(10)9-3-1-2-7-6-8(7)9/h4-5,7-9H,1-3,6,11H2. The van der Waals surface area contributed by atoms with Gasteiger partial charge < -0.3 is 5.73 Å². The molecule has 3 heteroatoms. The highest BCUT2D eigenvalue weighted by Gasteiger charge is 2.46. The van der Waals surface area contributed by atoms with Gasteiger partial charge in [0.15, 0.2) is 0 Å². The molecule has 0 amide bonds. The molecule has 1 heterocycles. The Morgan fingerprint density at radius 1 is 1.46 bits per heavy atom. The van der Waals surface area contributed by atoms with Gasteiger partial charge in [-0.05, 0) is 30.7 Å². The second-order valence-electron chi connectivity index (χ2n) is 4.36. The molecule has 0 spiro atoms. The Balaban J connectivity index is 1.88. The summed E-state index contributed by atoms with van der Waals surface area (Å²) in [5.74, 6) is 2.70. The third-order valence-electron chi connectivity index (χ3n) is 3.56. The summed E-state index contributed by atoms with van der Waals surface area (Å²) in [7, 11) is 0. The number of nitrogen functional groups attached to an aromatic ring is 1. The molecule has 0 radical (unpaired) electrons. The molecular weight excluding hydrogens is 162 g/mol. The van der Waals surface area contributed by atoms with Crippen LogP contribution in [0.1, 0.15) is 31.7 Å². The molecule has 13 heavy (non-hydrogen) atoms. The highest BCUT2D eigenvalue weighted by atomic mass is 15.3. The van der Waals surface area contributed by atoms with Crippen LogP contribution < -0.4 is 5.73 Å². The van der Waals surface area contributed by atoms with E-state index < -0.39 is 0 Å². The summed E-state index contributed by atoms with van der Waals surface area (Å²) in [6, 6.07) is 2.50. The first-order valence-electron chi connectivity index (χ1n) is 5.15. The summed E-state index contributed by atoms with van der Waals surface area (Å²) < 4.78 is 2.03. The Labute approximate surface area is 77.9 Å². The highest BCUT2D eigenvalue weighted by molar-refractivity contribution is 5.27. The molecule has 0 saturated heterocycles. The van der Waals surface area contributed by atoms with Crippen molar-refractivity contribution in [3.05, 3.63) is 12.3 Å². The van der Waals surface area contributed by atoms with Crippen LogP contribution in [0.5, 0.6) is 0 Å². The van der Waals surface area contributed by atoms with Gasteiger partial charge in [-0.25, -0.2) is 4.68 Å². The first-order chi connectivity index (χ1) is 6.36. The molecule has 3 nitrogen and oxygen atoms in total. The molecule has 0 aromatic carbocycles.